The topological polar surface area (TPSA) is 64.4 Å². The van der Waals surface area contributed by atoms with E-state index in [1.165, 1.54) is 27.3 Å². The lowest BCUT2D eigenvalue weighted by Crippen LogP contribution is -2.45. The molecule has 5 rings (SSSR count). The molecule has 0 N–H and O–H groups in total. The summed E-state index contributed by atoms with van der Waals surface area (Å²) in [6.07, 6.45) is 2.80. The van der Waals surface area contributed by atoms with Crippen molar-refractivity contribution in [3.05, 3.63) is 50.9 Å². The second kappa shape index (κ2) is 9.19. The summed E-state index contributed by atoms with van der Waals surface area (Å²) in [6.45, 7) is 5.77. The lowest BCUT2D eigenvalue weighted by Gasteiger charge is -2.31. The van der Waals surface area contributed by atoms with Crippen molar-refractivity contribution in [3.8, 4) is 5.69 Å². The van der Waals surface area contributed by atoms with E-state index in [-0.39, 0.29) is 29.0 Å². The molecule has 33 heavy (non-hydrogen) atoms. The molecule has 9 heteroatoms. The van der Waals surface area contributed by atoms with Crippen molar-refractivity contribution < 1.29 is 13.9 Å². The third-order valence-corrected chi connectivity index (χ3v) is 8.38. The number of aryl methyl sites for hydroxylation is 1. The molecule has 1 aliphatic heterocycles. The number of benzene rings is 1. The third-order valence-electron chi connectivity index (χ3n) is 6.31. The molecule has 174 valence electrons. The number of hydrogen-bond donors (Lipinski definition) is 0. The molecule has 1 amide bonds. The highest BCUT2D eigenvalue weighted by Gasteiger charge is 2.27. The van der Waals surface area contributed by atoms with Gasteiger partial charge in [-0.3, -0.25) is 14.2 Å². The number of para-hydroxylation sites is 1. The minimum absolute atomic E-state index is 0.00130. The number of hydrogen-bond acceptors (Lipinski definition) is 6. The average Bonchev–Trinajstić information content (AvgIpc) is 3.16. The molecule has 0 saturated carbocycles. The van der Waals surface area contributed by atoms with Gasteiger partial charge in [-0.05, 0) is 49.8 Å². The number of halogens is 1. The highest BCUT2D eigenvalue weighted by molar-refractivity contribution is 7.99. The summed E-state index contributed by atoms with van der Waals surface area (Å²) in [6, 6.07) is 6.22. The number of aromatic nitrogens is 2. The Morgan fingerprint density at radius 1 is 1.33 bits per heavy atom. The summed E-state index contributed by atoms with van der Waals surface area (Å²) in [5.41, 5.74) is 0.966. The molecule has 2 unspecified atom stereocenters. The maximum absolute atomic E-state index is 14.8. The number of thioether (sulfide) groups is 1. The van der Waals surface area contributed by atoms with Crippen LogP contribution < -0.4 is 5.56 Å². The fourth-order valence-electron chi connectivity index (χ4n) is 4.58. The molecule has 1 aromatic carbocycles. The maximum atomic E-state index is 14.8. The summed E-state index contributed by atoms with van der Waals surface area (Å²) < 4.78 is 21.7. The first-order valence-electron chi connectivity index (χ1n) is 11.3. The van der Waals surface area contributed by atoms with E-state index in [2.05, 4.69) is 6.92 Å². The molecule has 0 radical (unpaired) electrons. The molecule has 2 aromatic heterocycles. The Kier molecular flexibility index (Phi) is 6.28. The summed E-state index contributed by atoms with van der Waals surface area (Å²) in [4.78, 5) is 35.0. The van der Waals surface area contributed by atoms with Crippen molar-refractivity contribution >= 4 is 39.2 Å². The molecular formula is C24H26FN3O3S2. The van der Waals surface area contributed by atoms with Crippen LogP contribution in [0, 0.1) is 11.7 Å². The minimum Gasteiger partial charge on any atom is -0.375 e. The number of carbonyl (C=O) groups is 1. The zero-order valence-corrected chi connectivity index (χ0v) is 20.3. The molecule has 0 spiro atoms. The van der Waals surface area contributed by atoms with Gasteiger partial charge in [0.1, 0.15) is 10.6 Å². The summed E-state index contributed by atoms with van der Waals surface area (Å²) >= 11 is 2.75. The highest BCUT2D eigenvalue weighted by Crippen LogP contribution is 2.37. The smallest absolute Gasteiger partial charge is 0.267 e. The normalized spacial score (nSPS) is 20.8. The van der Waals surface area contributed by atoms with Crippen molar-refractivity contribution in [2.45, 2.75) is 44.4 Å². The number of nitrogens with zero attached hydrogens (tertiary/aromatic N) is 3. The minimum atomic E-state index is -0.492. The Labute approximate surface area is 199 Å². The SMILES string of the molecule is CC1CCc2c(sc3nc(SCC(=O)N4CCOC(C)C4)n(-c4ccccc4F)c(=O)c23)C1. The Morgan fingerprint density at radius 3 is 2.94 bits per heavy atom. The first-order chi connectivity index (χ1) is 15.9. The number of rotatable bonds is 4. The Balaban J connectivity index is 1.56. The van der Waals surface area contributed by atoms with Crippen LogP contribution in [0.15, 0.2) is 34.2 Å². The van der Waals surface area contributed by atoms with Crippen LogP contribution in [0.1, 0.15) is 30.7 Å². The number of ether oxygens (including phenoxy) is 1. The molecule has 3 aromatic rings. The predicted molar refractivity (Wildman–Crippen MR) is 129 cm³/mol. The van der Waals surface area contributed by atoms with Gasteiger partial charge in [0, 0.05) is 18.0 Å². The number of carbonyl (C=O) groups excluding carboxylic acids is 1. The van der Waals surface area contributed by atoms with Gasteiger partial charge in [0.25, 0.3) is 5.56 Å². The Morgan fingerprint density at radius 2 is 2.15 bits per heavy atom. The van der Waals surface area contributed by atoms with Gasteiger partial charge in [0.15, 0.2) is 5.16 Å². The monoisotopic (exact) mass is 487 g/mol. The predicted octanol–water partition coefficient (Wildman–Crippen LogP) is 4.05. The molecule has 1 aliphatic carbocycles. The van der Waals surface area contributed by atoms with Crippen molar-refractivity contribution in [1.29, 1.82) is 0 Å². The number of morpholine rings is 1. The van der Waals surface area contributed by atoms with E-state index in [1.807, 2.05) is 6.92 Å². The van der Waals surface area contributed by atoms with E-state index in [0.717, 1.165) is 24.8 Å². The van der Waals surface area contributed by atoms with Crippen LogP contribution in [0.4, 0.5) is 4.39 Å². The van der Waals surface area contributed by atoms with E-state index in [0.29, 0.717) is 41.0 Å². The van der Waals surface area contributed by atoms with E-state index < -0.39 is 5.82 Å². The van der Waals surface area contributed by atoms with Crippen LogP contribution in [0.2, 0.25) is 0 Å². The van der Waals surface area contributed by atoms with Crippen molar-refractivity contribution in [3.63, 3.8) is 0 Å². The van der Waals surface area contributed by atoms with Crippen molar-refractivity contribution in [2.24, 2.45) is 5.92 Å². The first-order valence-corrected chi connectivity index (χ1v) is 13.1. The fourth-order valence-corrected chi connectivity index (χ4v) is 6.91. The zero-order chi connectivity index (χ0) is 23.1. The largest absolute Gasteiger partial charge is 0.375 e. The number of amides is 1. The first kappa shape index (κ1) is 22.6. The van der Waals surface area contributed by atoms with Crippen LogP contribution >= 0.6 is 23.1 Å². The maximum Gasteiger partial charge on any atom is 0.267 e. The molecule has 2 atom stereocenters. The molecule has 1 fully saturated rings. The summed E-state index contributed by atoms with van der Waals surface area (Å²) in [5.74, 6) is 0.167. The number of thiophene rings is 1. The quantitative estimate of drug-likeness (QED) is 0.410. The zero-order valence-electron chi connectivity index (χ0n) is 18.7. The van der Waals surface area contributed by atoms with Gasteiger partial charge in [-0.1, -0.05) is 30.8 Å². The van der Waals surface area contributed by atoms with E-state index >= 15 is 0 Å². The molecule has 1 saturated heterocycles. The van der Waals surface area contributed by atoms with E-state index in [9.17, 15) is 14.0 Å². The average molecular weight is 488 g/mol. The fraction of sp³-hybridized carbons (Fsp3) is 0.458. The number of fused-ring (bicyclic) bond motifs is 3. The molecule has 3 heterocycles. The third kappa shape index (κ3) is 4.34. The highest BCUT2D eigenvalue weighted by atomic mass is 32.2. The van der Waals surface area contributed by atoms with Gasteiger partial charge in [0.2, 0.25) is 5.91 Å². The summed E-state index contributed by atoms with van der Waals surface area (Å²) in [5, 5.41) is 0.946. The van der Waals surface area contributed by atoms with Crippen LogP contribution in [-0.4, -0.2) is 51.9 Å². The second-order valence-electron chi connectivity index (χ2n) is 8.83. The van der Waals surface area contributed by atoms with Crippen molar-refractivity contribution in [1.82, 2.24) is 14.5 Å². The lowest BCUT2D eigenvalue weighted by molar-refractivity contribution is -0.135. The molecule has 2 aliphatic rings. The van der Waals surface area contributed by atoms with E-state index in [4.69, 9.17) is 9.72 Å². The van der Waals surface area contributed by atoms with Gasteiger partial charge in [-0.2, -0.15) is 0 Å². The Hall–Kier alpha value is -2.23. The Bertz CT molecular complexity index is 1270. The summed E-state index contributed by atoms with van der Waals surface area (Å²) in [7, 11) is 0. The van der Waals surface area contributed by atoms with Gasteiger partial charge in [0.05, 0.1) is 29.5 Å². The molecule has 0 bridgehead atoms. The van der Waals surface area contributed by atoms with E-state index in [1.54, 1.807) is 34.4 Å². The van der Waals surface area contributed by atoms with Gasteiger partial charge in [-0.25, -0.2) is 9.37 Å². The second-order valence-corrected chi connectivity index (χ2v) is 10.9. The van der Waals surface area contributed by atoms with Gasteiger partial charge < -0.3 is 9.64 Å². The van der Waals surface area contributed by atoms with Crippen LogP contribution in [0.5, 0.6) is 0 Å². The molecule has 6 nitrogen and oxygen atoms in total. The molecular weight excluding hydrogens is 461 g/mol. The van der Waals surface area contributed by atoms with Crippen molar-refractivity contribution in [2.75, 3.05) is 25.4 Å². The van der Waals surface area contributed by atoms with Crippen LogP contribution in [0.25, 0.3) is 15.9 Å². The standard InChI is InChI=1S/C24H26FN3O3S2/c1-14-7-8-16-19(11-14)33-22-21(16)23(30)28(18-6-4-3-5-17(18)25)24(26-22)32-13-20(29)27-9-10-31-15(2)12-27/h3-6,14-15H,7-13H2,1-2H3. The van der Waals surface area contributed by atoms with Crippen LogP contribution in [0.3, 0.4) is 0 Å². The van der Waals surface area contributed by atoms with Crippen LogP contribution in [-0.2, 0) is 22.4 Å². The lowest BCUT2D eigenvalue weighted by atomic mass is 9.89. The van der Waals surface area contributed by atoms with Gasteiger partial charge in [-0.15, -0.1) is 11.3 Å². The van der Waals surface area contributed by atoms with Gasteiger partial charge >= 0.3 is 0 Å².